The predicted molar refractivity (Wildman–Crippen MR) is 92.3 cm³/mol. The van der Waals surface area contributed by atoms with Crippen molar-refractivity contribution < 1.29 is 9.90 Å². The van der Waals surface area contributed by atoms with Crippen molar-refractivity contribution in [1.29, 1.82) is 0 Å². The zero-order valence-corrected chi connectivity index (χ0v) is 14.5. The van der Waals surface area contributed by atoms with Crippen molar-refractivity contribution in [3.63, 3.8) is 0 Å². The van der Waals surface area contributed by atoms with Gasteiger partial charge in [0.25, 0.3) is 0 Å². The van der Waals surface area contributed by atoms with Gasteiger partial charge in [-0.05, 0) is 30.7 Å². The summed E-state index contributed by atoms with van der Waals surface area (Å²) >= 11 is 9.63. The zero-order valence-electron chi connectivity index (χ0n) is 11.4. The summed E-state index contributed by atoms with van der Waals surface area (Å²) in [5.41, 5.74) is 2.98. The standard InChI is InChI=1S/C15H10BrClN2O2.ClH/c1-8-5-12-18-11(9-3-2-4-10(16)6-9)7-19(12)14(17)13(8)15(20)21;/h2-7H,1H3,(H,20,21);1H. The molecule has 0 amide bonds. The molecule has 0 spiro atoms. The Morgan fingerprint density at radius 1 is 1.36 bits per heavy atom. The molecule has 0 atom stereocenters. The van der Waals surface area contributed by atoms with E-state index < -0.39 is 5.97 Å². The van der Waals surface area contributed by atoms with E-state index in [-0.39, 0.29) is 23.1 Å². The monoisotopic (exact) mass is 400 g/mol. The van der Waals surface area contributed by atoms with Crippen LogP contribution in [0.3, 0.4) is 0 Å². The lowest BCUT2D eigenvalue weighted by molar-refractivity contribution is 0.0696. The van der Waals surface area contributed by atoms with Crippen LogP contribution in [0.25, 0.3) is 16.9 Å². The number of aromatic nitrogens is 2. The van der Waals surface area contributed by atoms with E-state index in [1.807, 2.05) is 24.3 Å². The van der Waals surface area contributed by atoms with Crippen molar-refractivity contribution in [1.82, 2.24) is 9.38 Å². The van der Waals surface area contributed by atoms with Gasteiger partial charge in [0.15, 0.2) is 0 Å². The second kappa shape index (κ2) is 6.28. The number of halogens is 3. The molecule has 2 aromatic heterocycles. The van der Waals surface area contributed by atoms with Gasteiger partial charge in [-0.25, -0.2) is 9.78 Å². The second-order valence-corrected chi connectivity index (χ2v) is 5.94. The number of hydrogen-bond acceptors (Lipinski definition) is 2. The van der Waals surface area contributed by atoms with Gasteiger partial charge in [0.05, 0.1) is 11.3 Å². The van der Waals surface area contributed by atoms with Gasteiger partial charge in [-0.1, -0.05) is 39.7 Å². The molecule has 4 nitrogen and oxygen atoms in total. The van der Waals surface area contributed by atoms with Crippen LogP contribution in [-0.4, -0.2) is 20.5 Å². The highest BCUT2D eigenvalue weighted by Crippen LogP contribution is 2.27. The summed E-state index contributed by atoms with van der Waals surface area (Å²) in [5.74, 6) is -1.04. The van der Waals surface area contributed by atoms with Gasteiger partial charge in [0, 0.05) is 16.2 Å². The topological polar surface area (TPSA) is 54.6 Å². The summed E-state index contributed by atoms with van der Waals surface area (Å²) in [6, 6.07) is 9.45. The normalized spacial score (nSPS) is 10.5. The molecule has 2 heterocycles. The number of carboxylic acid groups (broad SMARTS) is 1. The number of carbonyl (C=O) groups is 1. The van der Waals surface area contributed by atoms with Gasteiger partial charge in [0.1, 0.15) is 10.8 Å². The first-order chi connectivity index (χ1) is 9.97. The fourth-order valence-corrected chi connectivity index (χ4v) is 3.01. The summed E-state index contributed by atoms with van der Waals surface area (Å²) in [4.78, 5) is 15.8. The Hall–Kier alpha value is -1.56. The largest absolute Gasteiger partial charge is 0.478 e. The number of hydrogen-bond donors (Lipinski definition) is 1. The lowest BCUT2D eigenvalue weighted by Crippen LogP contribution is -2.04. The molecule has 114 valence electrons. The van der Waals surface area contributed by atoms with Crippen LogP contribution in [-0.2, 0) is 0 Å². The van der Waals surface area contributed by atoms with Gasteiger partial charge in [0.2, 0.25) is 0 Å². The number of fused-ring (bicyclic) bond motifs is 1. The second-order valence-electron chi connectivity index (χ2n) is 4.66. The molecule has 0 saturated carbocycles. The molecule has 0 aliphatic heterocycles. The van der Waals surface area contributed by atoms with Crippen molar-refractivity contribution in [2.45, 2.75) is 6.92 Å². The van der Waals surface area contributed by atoms with Crippen molar-refractivity contribution >= 4 is 51.6 Å². The highest BCUT2D eigenvalue weighted by Gasteiger charge is 2.17. The zero-order chi connectivity index (χ0) is 15.1. The Bertz CT molecular complexity index is 877. The molecule has 3 aromatic rings. The summed E-state index contributed by atoms with van der Waals surface area (Å²) in [7, 11) is 0. The fraction of sp³-hybridized carbons (Fsp3) is 0.0667. The van der Waals surface area contributed by atoms with Gasteiger partial charge in [-0.2, -0.15) is 0 Å². The highest BCUT2D eigenvalue weighted by atomic mass is 79.9. The molecular weight excluding hydrogens is 391 g/mol. The minimum Gasteiger partial charge on any atom is -0.478 e. The molecule has 0 unspecified atom stereocenters. The molecule has 0 radical (unpaired) electrons. The number of aryl methyl sites for hydroxylation is 1. The van der Waals surface area contributed by atoms with E-state index in [1.165, 1.54) is 0 Å². The smallest absolute Gasteiger partial charge is 0.339 e. The summed E-state index contributed by atoms with van der Waals surface area (Å²) in [6.07, 6.45) is 1.74. The first-order valence-corrected chi connectivity index (χ1v) is 7.32. The first-order valence-electron chi connectivity index (χ1n) is 6.15. The molecule has 0 aliphatic rings. The Morgan fingerprint density at radius 2 is 2.09 bits per heavy atom. The van der Waals surface area contributed by atoms with Crippen LogP contribution < -0.4 is 0 Å². The third kappa shape index (κ3) is 2.84. The van der Waals surface area contributed by atoms with Crippen molar-refractivity contribution in [2.75, 3.05) is 0 Å². The fourth-order valence-electron chi connectivity index (χ4n) is 2.25. The molecule has 7 heteroatoms. The van der Waals surface area contributed by atoms with Crippen molar-refractivity contribution in [3.05, 3.63) is 57.3 Å². The van der Waals surface area contributed by atoms with Gasteiger partial charge >= 0.3 is 5.97 Å². The summed E-state index contributed by atoms with van der Waals surface area (Å²) in [5, 5.41) is 9.40. The lowest BCUT2D eigenvalue weighted by Gasteiger charge is -2.05. The Balaban J connectivity index is 0.00000176. The number of benzene rings is 1. The summed E-state index contributed by atoms with van der Waals surface area (Å²) < 4.78 is 2.54. The van der Waals surface area contributed by atoms with Crippen LogP contribution in [0.2, 0.25) is 5.15 Å². The highest BCUT2D eigenvalue weighted by molar-refractivity contribution is 9.10. The molecule has 22 heavy (non-hydrogen) atoms. The Labute approximate surface area is 146 Å². The molecular formula is C15H11BrCl2N2O2. The third-order valence-corrected chi connectivity index (χ3v) is 4.09. The molecule has 3 rings (SSSR count). The SMILES string of the molecule is Cc1cc2nc(-c3cccc(Br)c3)cn2c(Cl)c1C(=O)O.Cl. The quantitative estimate of drug-likeness (QED) is 0.624. The van der Waals surface area contributed by atoms with Crippen LogP contribution in [0.15, 0.2) is 41.0 Å². The number of carboxylic acids is 1. The van der Waals surface area contributed by atoms with Crippen LogP contribution in [0.4, 0.5) is 0 Å². The van der Waals surface area contributed by atoms with E-state index in [0.717, 1.165) is 15.7 Å². The maximum Gasteiger partial charge on any atom is 0.339 e. The molecule has 1 N–H and O–H groups in total. The summed E-state index contributed by atoms with van der Waals surface area (Å²) in [6.45, 7) is 1.71. The Morgan fingerprint density at radius 3 is 2.73 bits per heavy atom. The lowest BCUT2D eigenvalue weighted by atomic mass is 10.1. The van der Waals surface area contributed by atoms with Crippen molar-refractivity contribution in [2.24, 2.45) is 0 Å². The molecule has 0 saturated heterocycles. The van der Waals surface area contributed by atoms with Crippen molar-refractivity contribution in [3.8, 4) is 11.3 Å². The predicted octanol–water partition coefficient (Wildman–Crippen LogP) is 4.85. The van der Waals surface area contributed by atoms with E-state index in [4.69, 9.17) is 11.6 Å². The molecule has 0 aliphatic carbocycles. The van der Waals surface area contributed by atoms with Gasteiger partial charge in [-0.15, -0.1) is 12.4 Å². The van der Waals surface area contributed by atoms with E-state index >= 15 is 0 Å². The number of nitrogens with zero attached hydrogens (tertiary/aromatic N) is 2. The molecule has 0 fully saturated rings. The van der Waals surface area contributed by atoms with Gasteiger partial charge < -0.3 is 5.11 Å². The van der Waals surface area contributed by atoms with E-state index in [2.05, 4.69) is 20.9 Å². The van der Waals surface area contributed by atoms with Crippen LogP contribution in [0.1, 0.15) is 15.9 Å². The average Bonchev–Trinajstić information content (AvgIpc) is 2.82. The maximum absolute atomic E-state index is 11.3. The van der Waals surface area contributed by atoms with Crippen LogP contribution in [0.5, 0.6) is 0 Å². The molecule has 0 bridgehead atoms. The third-order valence-electron chi connectivity index (χ3n) is 3.23. The Kier molecular flexibility index (Phi) is 4.80. The van der Waals surface area contributed by atoms with Gasteiger partial charge in [-0.3, -0.25) is 4.40 Å². The molecule has 1 aromatic carbocycles. The van der Waals surface area contributed by atoms with E-state index in [1.54, 1.807) is 23.6 Å². The first kappa shape index (κ1) is 16.8. The number of aromatic carboxylic acids is 1. The minimum atomic E-state index is -1.04. The number of rotatable bonds is 2. The van der Waals surface area contributed by atoms with E-state index in [9.17, 15) is 9.90 Å². The van der Waals surface area contributed by atoms with E-state index in [0.29, 0.717) is 11.2 Å². The maximum atomic E-state index is 11.3. The van der Waals surface area contributed by atoms with Crippen LogP contribution >= 0.6 is 39.9 Å². The minimum absolute atomic E-state index is 0. The van der Waals surface area contributed by atoms with Crippen LogP contribution in [0, 0.1) is 6.92 Å². The number of imidazole rings is 1. The average molecular weight is 402 g/mol. The number of pyridine rings is 1.